The molecule has 0 bridgehead atoms. The Hall–Kier alpha value is -1.53. The van der Waals surface area contributed by atoms with Gasteiger partial charge in [-0.3, -0.25) is 5.32 Å². The van der Waals surface area contributed by atoms with Crippen molar-refractivity contribution in [3.8, 4) is 6.19 Å². The Balaban J connectivity index is 2.94. The first-order chi connectivity index (χ1) is 5.38. The second-order valence-electron chi connectivity index (χ2n) is 2.05. The maximum absolute atomic E-state index is 8.80. The van der Waals surface area contributed by atoms with Gasteiger partial charge in [-0.2, -0.15) is 5.26 Å². The van der Waals surface area contributed by atoms with E-state index in [1.54, 1.807) is 24.4 Å². The van der Waals surface area contributed by atoms with Crippen molar-refractivity contribution in [3.63, 3.8) is 0 Å². The minimum absolute atomic E-state index is 0.0507. The zero-order chi connectivity index (χ0) is 8.10. The molecule has 0 aliphatic carbocycles. The van der Waals surface area contributed by atoms with E-state index in [-0.39, 0.29) is 6.61 Å². The number of aliphatic hydroxyl groups is 1. The van der Waals surface area contributed by atoms with Crippen LogP contribution in [0.15, 0.2) is 24.3 Å². The molecule has 0 aliphatic heterocycles. The fraction of sp³-hybridized carbons (Fsp3) is 0.125. The molecule has 3 heteroatoms. The quantitative estimate of drug-likeness (QED) is 0.487. The molecule has 1 rings (SSSR count). The zero-order valence-electron chi connectivity index (χ0n) is 5.91. The van der Waals surface area contributed by atoms with Crippen molar-refractivity contribution in [1.82, 2.24) is 0 Å². The van der Waals surface area contributed by atoms with E-state index in [1.807, 2.05) is 6.07 Å². The third-order valence-electron chi connectivity index (χ3n) is 1.38. The van der Waals surface area contributed by atoms with E-state index >= 15 is 0 Å². The average Bonchev–Trinajstić information content (AvgIpc) is 2.06. The van der Waals surface area contributed by atoms with Gasteiger partial charge in [0.2, 0.25) is 0 Å². The van der Waals surface area contributed by atoms with Gasteiger partial charge in [-0.1, -0.05) is 18.2 Å². The van der Waals surface area contributed by atoms with Crippen LogP contribution in [-0.2, 0) is 6.61 Å². The summed E-state index contributed by atoms with van der Waals surface area (Å²) in [6.07, 6.45) is 1.80. The minimum Gasteiger partial charge on any atom is -0.392 e. The van der Waals surface area contributed by atoms with Gasteiger partial charge in [0.05, 0.1) is 12.3 Å². The van der Waals surface area contributed by atoms with Crippen LogP contribution in [0.1, 0.15) is 5.56 Å². The van der Waals surface area contributed by atoms with Gasteiger partial charge in [0.15, 0.2) is 6.19 Å². The fourth-order valence-electron chi connectivity index (χ4n) is 0.840. The summed E-state index contributed by atoms with van der Waals surface area (Å²) in [4.78, 5) is 0. The van der Waals surface area contributed by atoms with Crippen molar-refractivity contribution in [2.24, 2.45) is 0 Å². The number of hydrogen-bond acceptors (Lipinski definition) is 3. The van der Waals surface area contributed by atoms with Crippen LogP contribution in [0.4, 0.5) is 5.69 Å². The highest BCUT2D eigenvalue weighted by molar-refractivity contribution is 5.53. The summed E-state index contributed by atoms with van der Waals surface area (Å²) < 4.78 is 0. The molecular weight excluding hydrogens is 140 g/mol. The van der Waals surface area contributed by atoms with E-state index in [0.29, 0.717) is 5.69 Å². The summed E-state index contributed by atoms with van der Waals surface area (Å²) in [6.45, 7) is -0.0507. The molecule has 0 amide bonds. The first-order valence-corrected chi connectivity index (χ1v) is 3.22. The average molecular weight is 148 g/mol. The largest absolute Gasteiger partial charge is 0.392 e. The smallest absolute Gasteiger partial charge is 0.181 e. The molecule has 11 heavy (non-hydrogen) atoms. The van der Waals surface area contributed by atoms with Crippen molar-refractivity contribution < 1.29 is 5.11 Å². The van der Waals surface area contributed by atoms with E-state index in [4.69, 9.17) is 10.4 Å². The van der Waals surface area contributed by atoms with Crippen molar-refractivity contribution in [3.05, 3.63) is 29.8 Å². The summed E-state index contributed by atoms with van der Waals surface area (Å²) in [5.74, 6) is 0. The second kappa shape index (κ2) is 3.59. The standard InChI is InChI=1S/C8H8N2O/c9-6-10-8-4-2-1-3-7(8)5-11/h1-4,10-11H,5H2. The van der Waals surface area contributed by atoms with Crippen molar-refractivity contribution in [2.45, 2.75) is 6.61 Å². The number of nitrogens with zero attached hydrogens (tertiary/aromatic N) is 1. The maximum atomic E-state index is 8.80. The Bertz CT molecular complexity index is 278. The van der Waals surface area contributed by atoms with Crippen molar-refractivity contribution in [1.29, 1.82) is 5.26 Å². The van der Waals surface area contributed by atoms with E-state index < -0.39 is 0 Å². The van der Waals surface area contributed by atoms with Crippen LogP contribution in [0, 0.1) is 11.5 Å². The summed E-state index contributed by atoms with van der Waals surface area (Å²) in [5, 5.41) is 19.6. The number of para-hydroxylation sites is 1. The first-order valence-electron chi connectivity index (χ1n) is 3.22. The minimum atomic E-state index is -0.0507. The molecule has 0 aliphatic rings. The van der Waals surface area contributed by atoms with Crippen LogP contribution in [0.25, 0.3) is 0 Å². The lowest BCUT2D eigenvalue weighted by Gasteiger charge is -2.02. The van der Waals surface area contributed by atoms with Gasteiger partial charge in [-0.15, -0.1) is 0 Å². The summed E-state index contributed by atoms with van der Waals surface area (Å²) >= 11 is 0. The molecular formula is C8H8N2O. The molecule has 1 aromatic rings. The first kappa shape index (κ1) is 7.58. The fourth-order valence-corrected chi connectivity index (χ4v) is 0.840. The number of rotatable bonds is 2. The van der Waals surface area contributed by atoms with E-state index in [2.05, 4.69) is 5.32 Å². The zero-order valence-corrected chi connectivity index (χ0v) is 5.91. The lowest BCUT2D eigenvalue weighted by atomic mass is 10.2. The van der Waals surface area contributed by atoms with Crippen LogP contribution < -0.4 is 5.32 Å². The van der Waals surface area contributed by atoms with Crippen LogP contribution in [0.5, 0.6) is 0 Å². The molecule has 0 saturated carbocycles. The van der Waals surface area contributed by atoms with Crippen LogP contribution in [0.3, 0.4) is 0 Å². The maximum Gasteiger partial charge on any atom is 0.181 e. The molecule has 0 heterocycles. The van der Waals surface area contributed by atoms with Crippen molar-refractivity contribution >= 4 is 5.69 Å². The van der Waals surface area contributed by atoms with Gasteiger partial charge >= 0.3 is 0 Å². The highest BCUT2D eigenvalue weighted by Crippen LogP contribution is 2.13. The summed E-state index contributed by atoms with van der Waals surface area (Å²) in [5.41, 5.74) is 1.39. The van der Waals surface area contributed by atoms with Gasteiger partial charge in [0, 0.05) is 5.56 Å². The van der Waals surface area contributed by atoms with E-state index in [1.165, 1.54) is 0 Å². The van der Waals surface area contributed by atoms with Gasteiger partial charge in [0.25, 0.3) is 0 Å². The highest BCUT2D eigenvalue weighted by atomic mass is 16.3. The number of nitrogens with one attached hydrogen (secondary N) is 1. The highest BCUT2D eigenvalue weighted by Gasteiger charge is 1.96. The molecule has 0 radical (unpaired) electrons. The lowest BCUT2D eigenvalue weighted by molar-refractivity contribution is 0.282. The van der Waals surface area contributed by atoms with Crippen LogP contribution in [-0.4, -0.2) is 5.11 Å². The Morgan fingerprint density at radius 3 is 2.82 bits per heavy atom. The lowest BCUT2D eigenvalue weighted by Crippen LogP contribution is -1.93. The molecule has 3 nitrogen and oxygen atoms in total. The number of aliphatic hydroxyl groups excluding tert-OH is 1. The SMILES string of the molecule is N#CNc1ccccc1CO. The molecule has 0 saturated heterocycles. The predicted octanol–water partition coefficient (Wildman–Crippen LogP) is 1.07. The van der Waals surface area contributed by atoms with Gasteiger partial charge in [0.1, 0.15) is 0 Å². The predicted molar refractivity (Wildman–Crippen MR) is 41.6 cm³/mol. The molecule has 56 valence electrons. The Morgan fingerprint density at radius 2 is 2.18 bits per heavy atom. The third-order valence-corrected chi connectivity index (χ3v) is 1.38. The molecule has 0 aromatic heterocycles. The van der Waals surface area contributed by atoms with Crippen LogP contribution in [0.2, 0.25) is 0 Å². The number of benzene rings is 1. The van der Waals surface area contributed by atoms with Crippen molar-refractivity contribution in [2.75, 3.05) is 5.32 Å². The topological polar surface area (TPSA) is 56.0 Å². The third kappa shape index (κ3) is 1.69. The Labute approximate surface area is 64.9 Å². The van der Waals surface area contributed by atoms with E-state index in [0.717, 1.165) is 5.56 Å². The molecule has 2 N–H and O–H groups in total. The second-order valence-corrected chi connectivity index (χ2v) is 2.05. The monoisotopic (exact) mass is 148 g/mol. The summed E-state index contributed by atoms with van der Waals surface area (Å²) in [7, 11) is 0. The Morgan fingerprint density at radius 1 is 1.45 bits per heavy atom. The Kier molecular flexibility index (Phi) is 2.47. The molecule has 0 atom stereocenters. The van der Waals surface area contributed by atoms with Crippen LogP contribution >= 0.6 is 0 Å². The molecule has 0 fully saturated rings. The molecule has 1 aromatic carbocycles. The number of nitriles is 1. The number of hydrogen-bond donors (Lipinski definition) is 2. The van der Waals surface area contributed by atoms with Gasteiger partial charge in [-0.05, 0) is 6.07 Å². The normalized spacial score (nSPS) is 8.73. The van der Waals surface area contributed by atoms with Gasteiger partial charge in [-0.25, -0.2) is 0 Å². The number of anilines is 1. The summed E-state index contributed by atoms with van der Waals surface area (Å²) in [6, 6.07) is 7.13. The van der Waals surface area contributed by atoms with Gasteiger partial charge < -0.3 is 5.11 Å². The molecule has 0 spiro atoms. The van der Waals surface area contributed by atoms with E-state index in [9.17, 15) is 0 Å². The molecule has 0 unspecified atom stereocenters.